The molecule has 98 valence electrons. The van der Waals surface area contributed by atoms with E-state index in [0.29, 0.717) is 11.3 Å². The summed E-state index contributed by atoms with van der Waals surface area (Å²) >= 11 is 1.50. The van der Waals surface area contributed by atoms with Crippen molar-refractivity contribution in [1.29, 1.82) is 0 Å². The van der Waals surface area contributed by atoms with Gasteiger partial charge in [0.1, 0.15) is 5.82 Å². The van der Waals surface area contributed by atoms with Gasteiger partial charge >= 0.3 is 0 Å². The van der Waals surface area contributed by atoms with Crippen LogP contribution in [0.4, 0.5) is 4.39 Å². The molecule has 2 aromatic carbocycles. The first-order valence-corrected chi connectivity index (χ1v) is 6.63. The molecule has 0 radical (unpaired) electrons. The molecular weight excluding hydrogens is 263 g/mol. The maximum atomic E-state index is 13.1. The van der Waals surface area contributed by atoms with Crippen molar-refractivity contribution < 1.29 is 9.60 Å². The molecule has 0 spiro atoms. The van der Waals surface area contributed by atoms with Crippen LogP contribution in [0.1, 0.15) is 11.1 Å². The van der Waals surface area contributed by atoms with Gasteiger partial charge in [-0.05, 0) is 23.8 Å². The Kier molecular flexibility index (Phi) is 4.41. The minimum absolute atomic E-state index is 0.0791. The Hall–Kier alpha value is -2.01. The highest BCUT2D eigenvalue weighted by molar-refractivity contribution is 7.98. The van der Waals surface area contributed by atoms with E-state index in [0.717, 1.165) is 10.5 Å². The van der Waals surface area contributed by atoms with Gasteiger partial charge in [0.2, 0.25) is 0 Å². The second-order valence-corrected chi connectivity index (χ2v) is 4.94. The fraction of sp³-hybridized carbons (Fsp3) is 0.0714. The van der Waals surface area contributed by atoms with Gasteiger partial charge in [0.15, 0.2) is 5.84 Å². The Morgan fingerprint density at radius 1 is 1.21 bits per heavy atom. The summed E-state index contributed by atoms with van der Waals surface area (Å²) in [4.78, 5) is 0.842. The number of hydrogen-bond acceptors (Lipinski definition) is 3. The van der Waals surface area contributed by atoms with Gasteiger partial charge in [0.05, 0.1) is 0 Å². The highest BCUT2D eigenvalue weighted by atomic mass is 32.2. The van der Waals surface area contributed by atoms with Crippen LogP contribution >= 0.6 is 11.8 Å². The minimum atomic E-state index is -0.255. The molecule has 0 unspecified atom stereocenters. The number of hydrogen-bond donors (Lipinski definition) is 2. The summed E-state index contributed by atoms with van der Waals surface area (Å²) in [5, 5.41) is 11.8. The summed E-state index contributed by atoms with van der Waals surface area (Å²) in [5.74, 6) is 0.445. The monoisotopic (exact) mass is 276 g/mol. The van der Waals surface area contributed by atoms with Crippen molar-refractivity contribution in [3.63, 3.8) is 0 Å². The maximum absolute atomic E-state index is 13.1. The third kappa shape index (κ3) is 3.48. The molecule has 0 saturated heterocycles. The highest BCUT2D eigenvalue weighted by Gasteiger charge is 2.07. The van der Waals surface area contributed by atoms with Crippen LogP contribution in [0.15, 0.2) is 58.6 Å². The fourth-order valence-electron chi connectivity index (χ4n) is 1.67. The van der Waals surface area contributed by atoms with E-state index in [4.69, 9.17) is 10.9 Å². The molecule has 0 heterocycles. The van der Waals surface area contributed by atoms with Crippen molar-refractivity contribution in [2.75, 3.05) is 0 Å². The van der Waals surface area contributed by atoms with E-state index in [1.54, 1.807) is 12.1 Å². The maximum Gasteiger partial charge on any atom is 0.170 e. The largest absolute Gasteiger partial charge is 0.409 e. The molecule has 0 aliphatic carbocycles. The van der Waals surface area contributed by atoms with E-state index in [-0.39, 0.29) is 11.7 Å². The molecule has 0 atom stereocenters. The van der Waals surface area contributed by atoms with Gasteiger partial charge in [0, 0.05) is 16.2 Å². The number of benzene rings is 2. The summed E-state index contributed by atoms with van der Waals surface area (Å²) in [5.41, 5.74) is 7.24. The second kappa shape index (κ2) is 6.24. The Morgan fingerprint density at radius 2 is 2.00 bits per heavy atom. The molecule has 2 aromatic rings. The van der Waals surface area contributed by atoms with E-state index < -0.39 is 0 Å². The molecule has 0 amide bonds. The quantitative estimate of drug-likeness (QED) is 0.296. The lowest BCUT2D eigenvalue weighted by atomic mass is 10.1. The van der Waals surface area contributed by atoms with Gasteiger partial charge < -0.3 is 10.9 Å². The van der Waals surface area contributed by atoms with Crippen LogP contribution < -0.4 is 5.73 Å². The van der Waals surface area contributed by atoms with Crippen molar-refractivity contribution in [3.05, 3.63) is 65.5 Å². The smallest absolute Gasteiger partial charge is 0.170 e. The zero-order valence-corrected chi connectivity index (χ0v) is 10.9. The van der Waals surface area contributed by atoms with Gasteiger partial charge in [-0.1, -0.05) is 35.5 Å². The first kappa shape index (κ1) is 13.4. The van der Waals surface area contributed by atoms with Crippen molar-refractivity contribution in [1.82, 2.24) is 0 Å². The lowest BCUT2D eigenvalue weighted by molar-refractivity contribution is 0.318. The van der Waals surface area contributed by atoms with Crippen LogP contribution in [0, 0.1) is 5.82 Å². The second-order valence-electron chi connectivity index (χ2n) is 3.89. The summed E-state index contributed by atoms with van der Waals surface area (Å²) < 4.78 is 13.1. The molecule has 3 nitrogen and oxygen atoms in total. The summed E-state index contributed by atoms with van der Waals surface area (Å²) in [6, 6.07) is 13.8. The number of nitrogens with two attached hydrogens (primary N) is 1. The van der Waals surface area contributed by atoms with E-state index in [2.05, 4.69) is 5.16 Å². The van der Waals surface area contributed by atoms with E-state index >= 15 is 0 Å². The Labute approximate surface area is 114 Å². The molecule has 0 fully saturated rings. The number of oxime groups is 1. The Bertz CT molecular complexity index is 602. The molecule has 0 aliphatic rings. The number of nitrogens with zero attached hydrogens (tertiary/aromatic N) is 1. The normalized spacial score (nSPS) is 11.5. The first-order chi connectivity index (χ1) is 9.20. The van der Waals surface area contributed by atoms with Crippen LogP contribution in [0.3, 0.4) is 0 Å². The highest BCUT2D eigenvalue weighted by Crippen LogP contribution is 2.24. The van der Waals surface area contributed by atoms with Crippen LogP contribution in [-0.4, -0.2) is 11.0 Å². The first-order valence-electron chi connectivity index (χ1n) is 5.65. The number of thioether (sulfide) groups is 1. The van der Waals surface area contributed by atoms with Gasteiger partial charge in [-0.15, -0.1) is 11.8 Å². The topological polar surface area (TPSA) is 58.6 Å². The van der Waals surface area contributed by atoms with Crippen molar-refractivity contribution >= 4 is 17.6 Å². The molecular formula is C14H13FN2OS. The third-order valence-electron chi connectivity index (χ3n) is 2.59. The fourth-order valence-corrected chi connectivity index (χ4v) is 2.61. The third-order valence-corrected chi connectivity index (χ3v) is 3.63. The van der Waals surface area contributed by atoms with Gasteiger partial charge in [-0.3, -0.25) is 0 Å². The standard InChI is InChI=1S/C14H13FN2OS/c15-11-5-3-6-12(8-11)19-9-10-4-1-2-7-13(10)14(16)17-18/h1-8,18H,9H2,(H2,16,17). The lowest BCUT2D eigenvalue weighted by Crippen LogP contribution is -2.15. The van der Waals surface area contributed by atoms with Gasteiger partial charge in [0.25, 0.3) is 0 Å². The average molecular weight is 276 g/mol. The van der Waals surface area contributed by atoms with E-state index in [1.165, 1.54) is 23.9 Å². The predicted molar refractivity (Wildman–Crippen MR) is 74.9 cm³/mol. The molecule has 0 aromatic heterocycles. The Morgan fingerprint density at radius 3 is 2.74 bits per heavy atom. The van der Waals surface area contributed by atoms with Crippen molar-refractivity contribution in [2.45, 2.75) is 10.6 Å². The van der Waals surface area contributed by atoms with E-state index in [9.17, 15) is 4.39 Å². The number of halogens is 1. The van der Waals surface area contributed by atoms with Gasteiger partial charge in [-0.25, -0.2) is 4.39 Å². The summed E-state index contributed by atoms with van der Waals surface area (Å²) in [6.07, 6.45) is 0. The minimum Gasteiger partial charge on any atom is -0.409 e. The Balaban J connectivity index is 2.16. The zero-order valence-electron chi connectivity index (χ0n) is 10.1. The average Bonchev–Trinajstić information content (AvgIpc) is 2.45. The van der Waals surface area contributed by atoms with Crippen LogP contribution in [0.25, 0.3) is 0 Å². The van der Waals surface area contributed by atoms with Crippen molar-refractivity contribution in [2.24, 2.45) is 10.9 Å². The zero-order chi connectivity index (χ0) is 13.7. The van der Waals surface area contributed by atoms with Gasteiger partial charge in [-0.2, -0.15) is 0 Å². The number of rotatable bonds is 4. The summed E-state index contributed by atoms with van der Waals surface area (Å²) in [7, 11) is 0. The SMILES string of the molecule is NC(=NO)c1ccccc1CSc1cccc(F)c1. The van der Waals surface area contributed by atoms with Crippen LogP contribution in [0.5, 0.6) is 0 Å². The molecule has 5 heteroatoms. The van der Waals surface area contributed by atoms with Crippen LogP contribution in [-0.2, 0) is 5.75 Å². The molecule has 0 saturated carbocycles. The van der Waals surface area contributed by atoms with E-state index in [1.807, 2.05) is 24.3 Å². The molecule has 0 bridgehead atoms. The predicted octanol–water partition coefficient (Wildman–Crippen LogP) is 3.21. The molecule has 19 heavy (non-hydrogen) atoms. The van der Waals surface area contributed by atoms with Crippen molar-refractivity contribution in [3.8, 4) is 0 Å². The van der Waals surface area contributed by atoms with Crippen LogP contribution in [0.2, 0.25) is 0 Å². The lowest BCUT2D eigenvalue weighted by Gasteiger charge is -2.07. The number of amidine groups is 1. The molecule has 0 aliphatic heterocycles. The molecule has 3 N–H and O–H groups in total. The molecule has 2 rings (SSSR count). The summed E-state index contributed by atoms with van der Waals surface area (Å²) in [6.45, 7) is 0.